The lowest BCUT2D eigenvalue weighted by Crippen LogP contribution is -2.39. The zero-order chi connectivity index (χ0) is 29.9. The Morgan fingerprint density at radius 3 is 2.49 bits per heavy atom. The molecular formula is C29H29Cl2F3N6O3. The highest BCUT2D eigenvalue weighted by molar-refractivity contribution is 6.31. The number of amides is 2. The van der Waals surface area contributed by atoms with E-state index in [0.717, 1.165) is 31.8 Å². The Labute approximate surface area is 256 Å². The summed E-state index contributed by atoms with van der Waals surface area (Å²) in [5.41, 5.74) is 0.461. The van der Waals surface area contributed by atoms with Crippen molar-refractivity contribution >= 4 is 64.2 Å². The average Bonchev–Trinajstić information content (AvgIpc) is 3.38. The lowest BCUT2D eigenvalue weighted by atomic mass is 10.1. The third kappa shape index (κ3) is 7.57. The van der Waals surface area contributed by atoms with Gasteiger partial charge in [0.2, 0.25) is 5.95 Å². The fourth-order valence-corrected chi connectivity index (χ4v) is 4.84. The third-order valence-electron chi connectivity index (χ3n) is 6.91. The van der Waals surface area contributed by atoms with Gasteiger partial charge < -0.3 is 25.7 Å². The minimum atomic E-state index is -4.72. The number of halogens is 5. The number of nitrogens with zero attached hydrogens (tertiary/aromatic N) is 2. The second-order valence-corrected chi connectivity index (χ2v) is 10.2. The van der Waals surface area contributed by atoms with Crippen LogP contribution >= 0.6 is 24.0 Å². The summed E-state index contributed by atoms with van der Waals surface area (Å²) in [6.45, 7) is 6.09. The molecule has 1 aliphatic rings. The summed E-state index contributed by atoms with van der Waals surface area (Å²) in [6.07, 6.45) is -4.72. The number of nitrogens with one attached hydrogen (secondary N) is 4. The molecule has 0 atom stereocenters. The van der Waals surface area contributed by atoms with Gasteiger partial charge in [-0.1, -0.05) is 29.8 Å². The van der Waals surface area contributed by atoms with Gasteiger partial charge in [0.25, 0.3) is 11.8 Å². The maximum absolute atomic E-state index is 13.5. The zero-order valence-electron chi connectivity index (χ0n) is 23.0. The topological polar surface area (TPSA) is 111 Å². The maximum atomic E-state index is 13.5. The minimum absolute atomic E-state index is 0. The molecule has 2 amide bonds. The molecule has 1 saturated heterocycles. The van der Waals surface area contributed by atoms with Gasteiger partial charge in [0.15, 0.2) is 0 Å². The van der Waals surface area contributed by atoms with Crippen LogP contribution in [0.1, 0.15) is 31.8 Å². The highest BCUT2D eigenvalue weighted by atomic mass is 35.5. The first kappa shape index (κ1) is 32.1. The van der Waals surface area contributed by atoms with Gasteiger partial charge in [-0.3, -0.25) is 14.5 Å². The van der Waals surface area contributed by atoms with E-state index in [0.29, 0.717) is 53.0 Å². The number of ether oxygens (including phenoxy) is 1. The number of aromatic amines is 1. The molecule has 43 heavy (non-hydrogen) atoms. The summed E-state index contributed by atoms with van der Waals surface area (Å²) < 4.78 is 46.0. The molecule has 0 unspecified atom stereocenters. The number of H-pyrrole nitrogens is 1. The van der Waals surface area contributed by atoms with Gasteiger partial charge in [-0.2, -0.15) is 13.2 Å². The fraction of sp³-hybridized carbons (Fsp3) is 0.276. The van der Waals surface area contributed by atoms with E-state index >= 15 is 0 Å². The number of alkyl halides is 3. The molecule has 9 nitrogen and oxygen atoms in total. The molecule has 228 valence electrons. The van der Waals surface area contributed by atoms with Gasteiger partial charge in [0.1, 0.15) is 5.52 Å². The summed E-state index contributed by atoms with van der Waals surface area (Å²) in [6, 6.07) is 12.5. The summed E-state index contributed by atoms with van der Waals surface area (Å²) in [7, 11) is 0. The summed E-state index contributed by atoms with van der Waals surface area (Å²) in [4.78, 5) is 36.4. The highest BCUT2D eigenvalue weighted by Gasteiger charge is 2.35. The highest BCUT2D eigenvalue weighted by Crippen LogP contribution is 2.33. The Balaban J connectivity index is 0.00000423. The number of hydrogen-bond donors (Lipinski definition) is 4. The molecule has 0 bridgehead atoms. The van der Waals surface area contributed by atoms with Crippen LogP contribution in [0.25, 0.3) is 11.0 Å². The van der Waals surface area contributed by atoms with Gasteiger partial charge in [0.05, 0.1) is 35.4 Å². The van der Waals surface area contributed by atoms with Crippen LogP contribution in [0.3, 0.4) is 0 Å². The first-order valence-electron chi connectivity index (χ1n) is 13.2. The van der Waals surface area contributed by atoms with E-state index in [1.807, 2.05) is 0 Å². The van der Waals surface area contributed by atoms with Crippen molar-refractivity contribution in [3.63, 3.8) is 0 Å². The molecule has 14 heteroatoms. The zero-order valence-corrected chi connectivity index (χ0v) is 24.6. The molecule has 4 aromatic rings. The Kier molecular flexibility index (Phi) is 10.2. The number of rotatable bonds is 8. The van der Waals surface area contributed by atoms with Gasteiger partial charge in [-0.15, -0.1) is 12.4 Å². The van der Waals surface area contributed by atoms with Crippen molar-refractivity contribution in [2.75, 3.05) is 55.3 Å². The molecule has 1 aromatic heterocycles. The number of aromatic nitrogens is 2. The number of carbonyl (C=O) groups is 2. The van der Waals surface area contributed by atoms with Crippen LogP contribution in [0, 0.1) is 6.92 Å². The van der Waals surface area contributed by atoms with E-state index in [2.05, 4.69) is 30.8 Å². The monoisotopic (exact) mass is 636 g/mol. The number of hydrogen-bond acceptors (Lipinski definition) is 6. The van der Waals surface area contributed by atoms with Crippen LogP contribution in [0.2, 0.25) is 5.02 Å². The standard InChI is InChI=1S/C29H28ClF3N6O3.ClH/c1-17-22(30)7-4-8-23(17)36-27(41)20-15-18(35-26(40)19-5-2-3-6-21(19)29(31,32)33)16-24-25(20)38-28(37-24)34-9-10-39-11-13-42-14-12-39;/h2-8,15-16H,9-14H2,1H3,(H,35,40)(H,36,41)(H2,34,37,38);1H. The van der Waals surface area contributed by atoms with Crippen LogP contribution in [-0.4, -0.2) is 66.1 Å². The maximum Gasteiger partial charge on any atom is 0.417 e. The largest absolute Gasteiger partial charge is 0.417 e. The van der Waals surface area contributed by atoms with Gasteiger partial charge >= 0.3 is 6.18 Å². The molecule has 5 rings (SSSR count). The Hall–Kier alpha value is -3.84. The summed E-state index contributed by atoms with van der Waals surface area (Å²) >= 11 is 6.22. The molecule has 0 aliphatic carbocycles. The van der Waals surface area contributed by atoms with Gasteiger partial charge in [-0.05, 0) is 48.9 Å². The van der Waals surface area contributed by atoms with Crippen molar-refractivity contribution in [2.24, 2.45) is 0 Å². The molecule has 2 heterocycles. The van der Waals surface area contributed by atoms with Crippen molar-refractivity contribution < 1.29 is 27.5 Å². The molecular weight excluding hydrogens is 608 g/mol. The summed E-state index contributed by atoms with van der Waals surface area (Å²) in [5, 5.41) is 9.01. The number of benzene rings is 3. The normalized spacial score (nSPS) is 13.8. The van der Waals surface area contributed by atoms with Crippen LogP contribution in [0.4, 0.5) is 30.5 Å². The predicted octanol–water partition coefficient (Wildman–Crippen LogP) is 6.21. The number of morpholine rings is 1. The van der Waals surface area contributed by atoms with E-state index in [1.54, 1.807) is 25.1 Å². The van der Waals surface area contributed by atoms with E-state index in [1.165, 1.54) is 24.3 Å². The van der Waals surface area contributed by atoms with Gasteiger partial charge in [0, 0.05) is 42.6 Å². The Bertz CT molecular complexity index is 1620. The SMILES string of the molecule is Cc1c(Cl)cccc1NC(=O)c1cc(NC(=O)c2ccccc2C(F)(F)F)cc2[nH]c(NCCN3CCOCC3)nc12.Cl. The van der Waals surface area contributed by atoms with E-state index < -0.39 is 29.1 Å². The van der Waals surface area contributed by atoms with Crippen molar-refractivity contribution in [2.45, 2.75) is 13.1 Å². The molecule has 0 spiro atoms. The lowest BCUT2D eigenvalue weighted by Gasteiger charge is -2.26. The number of carbonyl (C=O) groups excluding carboxylic acids is 2. The molecule has 4 N–H and O–H groups in total. The van der Waals surface area contributed by atoms with Crippen LogP contribution in [0.5, 0.6) is 0 Å². The predicted molar refractivity (Wildman–Crippen MR) is 163 cm³/mol. The van der Waals surface area contributed by atoms with Gasteiger partial charge in [-0.25, -0.2) is 4.98 Å². The molecule has 1 fully saturated rings. The van der Waals surface area contributed by atoms with Crippen molar-refractivity contribution in [1.29, 1.82) is 0 Å². The smallest absolute Gasteiger partial charge is 0.379 e. The lowest BCUT2D eigenvalue weighted by molar-refractivity contribution is -0.137. The minimum Gasteiger partial charge on any atom is -0.379 e. The Morgan fingerprint density at radius 1 is 1.02 bits per heavy atom. The number of fused-ring (bicyclic) bond motifs is 1. The van der Waals surface area contributed by atoms with Crippen LogP contribution < -0.4 is 16.0 Å². The first-order chi connectivity index (χ1) is 20.1. The number of imidazole rings is 1. The van der Waals surface area contributed by atoms with E-state index in [9.17, 15) is 22.8 Å². The third-order valence-corrected chi connectivity index (χ3v) is 7.32. The van der Waals surface area contributed by atoms with Crippen LogP contribution in [0.15, 0.2) is 54.6 Å². The number of anilines is 3. The first-order valence-corrected chi connectivity index (χ1v) is 13.6. The van der Waals surface area contributed by atoms with Crippen LogP contribution in [-0.2, 0) is 10.9 Å². The van der Waals surface area contributed by atoms with E-state index in [-0.39, 0.29) is 23.7 Å². The summed E-state index contributed by atoms with van der Waals surface area (Å²) in [5.74, 6) is -1.11. The quantitative estimate of drug-likeness (QED) is 0.183. The molecule has 0 radical (unpaired) electrons. The molecule has 1 aliphatic heterocycles. The van der Waals surface area contributed by atoms with Crippen molar-refractivity contribution in [3.8, 4) is 0 Å². The Morgan fingerprint density at radius 2 is 1.74 bits per heavy atom. The molecule has 3 aromatic carbocycles. The fourth-order valence-electron chi connectivity index (χ4n) is 4.66. The van der Waals surface area contributed by atoms with Crippen molar-refractivity contribution in [3.05, 3.63) is 81.9 Å². The second kappa shape index (κ2) is 13.6. The van der Waals surface area contributed by atoms with Crippen molar-refractivity contribution in [1.82, 2.24) is 14.9 Å². The van der Waals surface area contributed by atoms with E-state index in [4.69, 9.17) is 16.3 Å². The second-order valence-electron chi connectivity index (χ2n) is 9.75. The average molecular weight is 637 g/mol. The molecule has 0 saturated carbocycles.